The molecule has 8 heteroatoms. The molecule has 4 nitrogen and oxygen atoms in total. The average molecular weight is 325 g/mol. The lowest BCUT2D eigenvalue weighted by atomic mass is 10.0. The van der Waals surface area contributed by atoms with Crippen LogP contribution in [0.1, 0.15) is 6.42 Å². The zero-order valence-electron chi connectivity index (χ0n) is 9.67. The fourth-order valence-electron chi connectivity index (χ4n) is 1.63. The Hall–Kier alpha value is -0.690. The lowest BCUT2D eigenvalue weighted by molar-refractivity contribution is -0.136. The van der Waals surface area contributed by atoms with Gasteiger partial charge in [0.1, 0.15) is 5.82 Å². The van der Waals surface area contributed by atoms with Gasteiger partial charge in [0.25, 0.3) is 5.91 Å². The van der Waals surface area contributed by atoms with E-state index in [0.717, 1.165) is 17.9 Å². The van der Waals surface area contributed by atoms with Crippen molar-refractivity contribution in [3.8, 4) is 0 Å². The van der Waals surface area contributed by atoms with E-state index in [1.807, 2.05) is 0 Å². The number of anilines is 1. The van der Waals surface area contributed by atoms with Crippen LogP contribution in [0.15, 0.2) is 12.1 Å². The summed E-state index contributed by atoms with van der Waals surface area (Å²) in [7, 11) is 0. The first-order valence-electron chi connectivity index (χ1n) is 5.43. The standard InChI is InChI=1S/C11H11Cl2FN2O2S/c12-7-3-6(14)4-8(13)9(7)15-16-10(17)11(18)1-2-19-5-11/h3-4,15,18H,1-2,5H2,(H,16,17). The molecule has 0 saturated carbocycles. The number of thioether (sulfide) groups is 1. The Morgan fingerprint density at radius 1 is 1.42 bits per heavy atom. The summed E-state index contributed by atoms with van der Waals surface area (Å²) >= 11 is 13.1. The molecule has 0 aromatic heterocycles. The predicted molar refractivity (Wildman–Crippen MR) is 75.1 cm³/mol. The highest BCUT2D eigenvalue weighted by atomic mass is 35.5. The highest BCUT2D eigenvalue weighted by Crippen LogP contribution is 2.31. The Bertz CT molecular complexity index is 486. The molecule has 0 aliphatic carbocycles. The van der Waals surface area contributed by atoms with E-state index in [0.29, 0.717) is 12.2 Å². The van der Waals surface area contributed by atoms with Crippen molar-refractivity contribution in [3.63, 3.8) is 0 Å². The topological polar surface area (TPSA) is 61.4 Å². The van der Waals surface area contributed by atoms with Gasteiger partial charge in [0.2, 0.25) is 0 Å². The van der Waals surface area contributed by atoms with Crippen LogP contribution in [0.3, 0.4) is 0 Å². The van der Waals surface area contributed by atoms with Gasteiger partial charge < -0.3 is 5.11 Å². The number of nitrogens with one attached hydrogen (secondary N) is 2. The second-order valence-corrected chi connectivity index (χ2v) is 6.08. The molecule has 1 amide bonds. The minimum Gasteiger partial charge on any atom is -0.379 e. The van der Waals surface area contributed by atoms with Gasteiger partial charge in [-0.3, -0.25) is 15.6 Å². The van der Waals surface area contributed by atoms with E-state index >= 15 is 0 Å². The SMILES string of the molecule is O=C(NNc1c(Cl)cc(F)cc1Cl)C1(O)CCSC1. The fourth-order valence-corrected chi connectivity index (χ4v) is 3.42. The number of hydrogen-bond donors (Lipinski definition) is 3. The van der Waals surface area contributed by atoms with E-state index in [2.05, 4.69) is 10.9 Å². The molecule has 1 atom stereocenters. The maximum atomic E-state index is 13.0. The van der Waals surface area contributed by atoms with Gasteiger partial charge in [-0.05, 0) is 24.3 Å². The van der Waals surface area contributed by atoms with E-state index in [-0.39, 0.29) is 15.7 Å². The van der Waals surface area contributed by atoms with Gasteiger partial charge in [-0.2, -0.15) is 11.8 Å². The molecule has 1 aliphatic heterocycles. The predicted octanol–water partition coefficient (Wildman–Crippen LogP) is 2.44. The van der Waals surface area contributed by atoms with E-state index in [9.17, 15) is 14.3 Å². The van der Waals surface area contributed by atoms with E-state index < -0.39 is 17.3 Å². The Morgan fingerprint density at radius 3 is 2.58 bits per heavy atom. The molecule has 104 valence electrons. The van der Waals surface area contributed by atoms with E-state index in [4.69, 9.17) is 23.2 Å². The molecule has 1 unspecified atom stereocenters. The summed E-state index contributed by atoms with van der Waals surface area (Å²) in [6, 6.07) is 2.14. The van der Waals surface area contributed by atoms with Gasteiger partial charge in [-0.15, -0.1) is 0 Å². The Labute approximate surface area is 123 Å². The van der Waals surface area contributed by atoms with Gasteiger partial charge in [0.15, 0.2) is 5.60 Å². The number of aliphatic hydroxyl groups is 1. The molecule has 1 aliphatic rings. The summed E-state index contributed by atoms with van der Waals surface area (Å²) in [5, 5.41) is 10.1. The van der Waals surface area contributed by atoms with Gasteiger partial charge in [-0.25, -0.2) is 4.39 Å². The van der Waals surface area contributed by atoms with Gasteiger partial charge in [-0.1, -0.05) is 23.2 Å². The highest BCUT2D eigenvalue weighted by molar-refractivity contribution is 7.99. The van der Waals surface area contributed by atoms with E-state index in [1.165, 1.54) is 11.8 Å². The number of hydrazine groups is 1. The molecule has 3 N–H and O–H groups in total. The Kier molecular flexibility index (Phi) is 4.45. The minimum atomic E-state index is -1.39. The molecule has 0 radical (unpaired) electrons. The lowest BCUT2D eigenvalue weighted by Gasteiger charge is -2.21. The van der Waals surface area contributed by atoms with Crippen molar-refractivity contribution in [2.24, 2.45) is 0 Å². The number of carbonyl (C=O) groups excluding carboxylic acids is 1. The largest absolute Gasteiger partial charge is 0.379 e. The summed E-state index contributed by atoms with van der Waals surface area (Å²) in [6.07, 6.45) is 0.385. The molecule has 1 aromatic rings. The van der Waals surface area contributed by atoms with Crippen LogP contribution in [-0.4, -0.2) is 28.1 Å². The second-order valence-electron chi connectivity index (χ2n) is 4.16. The molecule has 0 spiro atoms. The normalized spacial score (nSPS) is 22.3. The number of amides is 1. The monoisotopic (exact) mass is 324 g/mol. The maximum absolute atomic E-state index is 13.0. The van der Waals surface area contributed by atoms with Crippen LogP contribution in [-0.2, 0) is 4.79 Å². The summed E-state index contributed by atoms with van der Waals surface area (Å²) in [4.78, 5) is 11.8. The van der Waals surface area contributed by atoms with Crippen molar-refractivity contribution in [1.29, 1.82) is 0 Å². The van der Waals surface area contributed by atoms with Crippen LogP contribution in [0.4, 0.5) is 10.1 Å². The van der Waals surface area contributed by atoms with Gasteiger partial charge in [0, 0.05) is 5.75 Å². The quantitative estimate of drug-likeness (QED) is 0.747. The zero-order valence-corrected chi connectivity index (χ0v) is 12.0. The van der Waals surface area contributed by atoms with Crippen LogP contribution in [0.25, 0.3) is 0 Å². The number of rotatable bonds is 3. The van der Waals surface area contributed by atoms with Crippen LogP contribution < -0.4 is 10.9 Å². The molecule has 1 fully saturated rings. The molecule has 1 saturated heterocycles. The molecular formula is C11H11Cl2FN2O2S. The number of hydrogen-bond acceptors (Lipinski definition) is 4. The van der Waals surface area contributed by atoms with E-state index in [1.54, 1.807) is 0 Å². The van der Waals surface area contributed by atoms with Crippen LogP contribution in [0.5, 0.6) is 0 Å². The third-order valence-electron chi connectivity index (χ3n) is 2.73. The van der Waals surface area contributed by atoms with Crippen LogP contribution >= 0.6 is 35.0 Å². The molecule has 2 rings (SSSR count). The van der Waals surface area contributed by atoms with Crippen molar-refractivity contribution in [1.82, 2.24) is 5.43 Å². The summed E-state index contributed by atoms with van der Waals surface area (Å²) in [6.45, 7) is 0. The number of benzene rings is 1. The maximum Gasteiger partial charge on any atom is 0.271 e. The van der Waals surface area contributed by atoms with Crippen LogP contribution in [0.2, 0.25) is 10.0 Å². The zero-order chi connectivity index (χ0) is 14.0. The first kappa shape index (κ1) is 14.7. The molecule has 0 bridgehead atoms. The molecule has 1 aromatic carbocycles. The van der Waals surface area contributed by atoms with Crippen molar-refractivity contribution >= 4 is 46.6 Å². The van der Waals surface area contributed by atoms with Gasteiger partial charge in [0.05, 0.1) is 15.7 Å². The van der Waals surface area contributed by atoms with Crippen molar-refractivity contribution in [3.05, 3.63) is 28.0 Å². The Balaban J connectivity index is 2.05. The summed E-state index contributed by atoms with van der Waals surface area (Å²) in [5.41, 5.74) is 3.64. The third-order valence-corrected chi connectivity index (χ3v) is 4.50. The average Bonchev–Trinajstić information content (AvgIpc) is 2.75. The number of carbonyl (C=O) groups is 1. The molecule has 1 heterocycles. The Morgan fingerprint density at radius 2 is 2.05 bits per heavy atom. The minimum absolute atomic E-state index is 0.0399. The lowest BCUT2D eigenvalue weighted by Crippen LogP contribution is -2.48. The fraction of sp³-hybridized carbons (Fsp3) is 0.364. The molecule has 19 heavy (non-hydrogen) atoms. The first-order chi connectivity index (χ1) is 8.92. The van der Waals surface area contributed by atoms with Crippen molar-refractivity contribution in [2.45, 2.75) is 12.0 Å². The second kappa shape index (κ2) is 5.75. The first-order valence-corrected chi connectivity index (χ1v) is 7.34. The van der Waals surface area contributed by atoms with Crippen molar-refractivity contribution in [2.75, 3.05) is 16.9 Å². The smallest absolute Gasteiger partial charge is 0.271 e. The molecular weight excluding hydrogens is 314 g/mol. The number of halogens is 3. The van der Waals surface area contributed by atoms with Gasteiger partial charge >= 0.3 is 0 Å². The highest BCUT2D eigenvalue weighted by Gasteiger charge is 2.39. The third kappa shape index (κ3) is 3.25. The summed E-state index contributed by atoms with van der Waals surface area (Å²) < 4.78 is 13.0. The van der Waals surface area contributed by atoms with Crippen LogP contribution in [0, 0.1) is 5.82 Å². The van der Waals surface area contributed by atoms with Crippen molar-refractivity contribution < 1.29 is 14.3 Å². The summed E-state index contributed by atoms with van der Waals surface area (Å²) in [5.74, 6) is -0.0699.